The molecule has 13 heavy (non-hydrogen) atoms. The number of phenols is 1. The highest BCUT2D eigenvalue weighted by molar-refractivity contribution is 6.30. The fourth-order valence-electron chi connectivity index (χ4n) is 0.575. The van der Waals surface area contributed by atoms with Gasteiger partial charge in [-0.1, -0.05) is 6.07 Å². The minimum Gasteiger partial charge on any atom is -0.508 e. The van der Waals surface area contributed by atoms with Gasteiger partial charge >= 0.3 is 7.32 Å². The van der Waals surface area contributed by atoms with E-state index in [1.807, 2.05) is 6.07 Å². The Morgan fingerprint density at radius 3 is 2.08 bits per heavy atom. The van der Waals surface area contributed by atoms with Gasteiger partial charge in [0, 0.05) is 0 Å². The van der Waals surface area contributed by atoms with Crippen LogP contribution in [0.15, 0.2) is 24.3 Å². The van der Waals surface area contributed by atoms with Crippen LogP contribution in [-0.4, -0.2) is 27.5 Å². The zero-order valence-corrected chi connectivity index (χ0v) is 6.62. The first-order valence-electron chi connectivity index (χ1n) is 3.29. The van der Waals surface area contributed by atoms with Crippen molar-refractivity contribution in [3.8, 4) is 11.8 Å². The van der Waals surface area contributed by atoms with E-state index in [4.69, 9.17) is 25.4 Å². The summed E-state index contributed by atoms with van der Waals surface area (Å²) in [5, 5.41) is 38.6. The molecule has 0 amide bonds. The van der Waals surface area contributed by atoms with Crippen LogP contribution < -0.4 is 0 Å². The van der Waals surface area contributed by atoms with E-state index in [-0.39, 0.29) is 5.75 Å². The van der Waals surface area contributed by atoms with Crippen molar-refractivity contribution in [1.29, 1.82) is 5.26 Å². The van der Waals surface area contributed by atoms with Crippen molar-refractivity contribution in [2.45, 2.75) is 0 Å². The Labute approximate surface area is 75.3 Å². The topological polar surface area (TPSA) is 105 Å². The summed E-state index contributed by atoms with van der Waals surface area (Å²) in [6.07, 6.45) is 0. The van der Waals surface area contributed by atoms with Crippen LogP contribution in [0.4, 0.5) is 0 Å². The van der Waals surface area contributed by atoms with Gasteiger partial charge in [-0.05, 0) is 18.2 Å². The van der Waals surface area contributed by atoms with E-state index >= 15 is 0 Å². The monoisotopic (exact) mass is 181 g/mol. The molecule has 0 unspecified atom stereocenters. The molecular formula is C7H8BNO4. The van der Waals surface area contributed by atoms with Crippen LogP contribution in [0.2, 0.25) is 0 Å². The standard InChI is InChI=1S/C7H5NO.BH3O3/c8-5-6-2-1-3-7(9)4-6;2-1(3)4/h1-4,9H;2-4H. The molecule has 1 rings (SSSR count). The largest absolute Gasteiger partial charge is 0.631 e. The van der Waals surface area contributed by atoms with Crippen molar-refractivity contribution >= 4 is 7.32 Å². The van der Waals surface area contributed by atoms with E-state index in [9.17, 15) is 0 Å². The lowest BCUT2D eigenvalue weighted by Gasteiger charge is -1.87. The number of rotatable bonds is 0. The van der Waals surface area contributed by atoms with E-state index in [1.54, 1.807) is 12.1 Å². The van der Waals surface area contributed by atoms with Gasteiger partial charge in [0.25, 0.3) is 0 Å². The molecule has 0 aliphatic carbocycles. The number of aromatic hydroxyl groups is 1. The summed E-state index contributed by atoms with van der Waals surface area (Å²) in [7, 11) is -2.17. The molecular weight excluding hydrogens is 173 g/mol. The van der Waals surface area contributed by atoms with Crippen LogP contribution in [0.3, 0.4) is 0 Å². The number of hydrogen-bond donors (Lipinski definition) is 4. The molecule has 1 aromatic rings. The van der Waals surface area contributed by atoms with Crippen LogP contribution in [0.5, 0.6) is 5.75 Å². The summed E-state index contributed by atoms with van der Waals surface area (Å²) in [6, 6.07) is 8.12. The van der Waals surface area contributed by atoms with Gasteiger partial charge in [0.15, 0.2) is 0 Å². The summed E-state index contributed by atoms with van der Waals surface area (Å²) in [5.74, 6) is 0.133. The van der Waals surface area contributed by atoms with Crippen molar-refractivity contribution in [3.05, 3.63) is 29.8 Å². The predicted molar refractivity (Wildman–Crippen MR) is 45.2 cm³/mol. The first-order chi connectivity index (χ1) is 6.06. The average Bonchev–Trinajstić information content (AvgIpc) is 2.03. The highest BCUT2D eigenvalue weighted by atomic mass is 16.5. The number of nitriles is 1. The molecule has 5 nitrogen and oxygen atoms in total. The summed E-state index contributed by atoms with van der Waals surface area (Å²) >= 11 is 0. The Bertz CT molecular complexity index is 294. The molecule has 0 atom stereocenters. The van der Waals surface area contributed by atoms with E-state index in [0.29, 0.717) is 5.56 Å². The van der Waals surface area contributed by atoms with Gasteiger partial charge in [0.1, 0.15) is 5.75 Å². The highest BCUT2D eigenvalue weighted by Gasteiger charge is 1.92. The van der Waals surface area contributed by atoms with E-state index in [2.05, 4.69) is 0 Å². The van der Waals surface area contributed by atoms with Gasteiger partial charge in [-0.3, -0.25) is 0 Å². The second kappa shape index (κ2) is 6.02. The second-order valence-corrected chi connectivity index (χ2v) is 2.01. The van der Waals surface area contributed by atoms with Gasteiger partial charge in [0.05, 0.1) is 11.6 Å². The molecule has 0 saturated heterocycles. The minimum atomic E-state index is -2.17. The number of benzene rings is 1. The summed E-state index contributed by atoms with van der Waals surface area (Å²) in [4.78, 5) is 0. The molecule has 68 valence electrons. The van der Waals surface area contributed by atoms with Crippen molar-refractivity contribution in [2.24, 2.45) is 0 Å². The third kappa shape index (κ3) is 6.84. The Balaban J connectivity index is 0.000000310. The number of hydrogen-bond acceptors (Lipinski definition) is 5. The molecule has 4 N–H and O–H groups in total. The lowest BCUT2D eigenvalue weighted by atomic mass is 10.2. The molecule has 6 heteroatoms. The maximum absolute atomic E-state index is 8.79. The van der Waals surface area contributed by atoms with Crippen LogP contribution in [0.1, 0.15) is 5.56 Å². The summed E-state index contributed by atoms with van der Waals surface area (Å²) in [6.45, 7) is 0. The van der Waals surface area contributed by atoms with Gasteiger partial charge in [0.2, 0.25) is 0 Å². The van der Waals surface area contributed by atoms with E-state index in [1.165, 1.54) is 12.1 Å². The van der Waals surface area contributed by atoms with Gasteiger partial charge in [-0.15, -0.1) is 0 Å². The Morgan fingerprint density at radius 1 is 1.23 bits per heavy atom. The molecule has 0 spiro atoms. The Morgan fingerprint density at radius 2 is 1.77 bits per heavy atom. The second-order valence-electron chi connectivity index (χ2n) is 2.01. The number of phenolic OH excluding ortho intramolecular Hbond substituents is 1. The van der Waals surface area contributed by atoms with Gasteiger partial charge < -0.3 is 20.2 Å². The lowest BCUT2D eigenvalue weighted by Crippen LogP contribution is -2.07. The average molecular weight is 181 g/mol. The van der Waals surface area contributed by atoms with Crippen LogP contribution >= 0.6 is 0 Å². The molecule has 0 radical (unpaired) electrons. The molecule has 0 fully saturated rings. The van der Waals surface area contributed by atoms with Gasteiger partial charge in [-0.2, -0.15) is 5.26 Å². The van der Waals surface area contributed by atoms with E-state index < -0.39 is 7.32 Å². The Kier molecular flexibility index (Phi) is 5.31. The highest BCUT2D eigenvalue weighted by Crippen LogP contribution is 2.08. The van der Waals surface area contributed by atoms with Crippen molar-refractivity contribution in [1.82, 2.24) is 0 Å². The summed E-state index contributed by atoms with van der Waals surface area (Å²) < 4.78 is 0. The first kappa shape index (κ1) is 11.5. The van der Waals surface area contributed by atoms with Crippen LogP contribution in [-0.2, 0) is 0 Å². The quantitative estimate of drug-likeness (QED) is 0.392. The minimum absolute atomic E-state index is 0.133. The molecule has 0 aromatic heterocycles. The lowest BCUT2D eigenvalue weighted by molar-refractivity contribution is 0.278. The van der Waals surface area contributed by atoms with Crippen LogP contribution in [0.25, 0.3) is 0 Å². The maximum atomic E-state index is 8.79. The smallest absolute Gasteiger partial charge is 0.508 e. The van der Waals surface area contributed by atoms with Crippen molar-refractivity contribution in [2.75, 3.05) is 0 Å². The zero-order chi connectivity index (χ0) is 10.3. The fraction of sp³-hybridized carbons (Fsp3) is 0. The first-order valence-corrected chi connectivity index (χ1v) is 3.29. The maximum Gasteiger partial charge on any atom is 0.631 e. The third-order valence-corrected chi connectivity index (χ3v) is 0.975. The molecule has 1 aromatic carbocycles. The van der Waals surface area contributed by atoms with Crippen LogP contribution in [0, 0.1) is 11.3 Å². The molecule has 0 aliphatic heterocycles. The van der Waals surface area contributed by atoms with Crippen molar-refractivity contribution in [3.63, 3.8) is 0 Å². The Hall–Kier alpha value is -1.55. The number of nitrogens with zero attached hydrogens (tertiary/aromatic N) is 1. The normalized spacial score (nSPS) is 7.85. The summed E-state index contributed by atoms with van der Waals surface area (Å²) in [5.41, 5.74) is 0.481. The van der Waals surface area contributed by atoms with Gasteiger partial charge in [-0.25, -0.2) is 0 Å². The van der Waals surface area contributed by atoms with Crippen molar-refractivity contribution < 1.29 is 20.2 Å². The zero-order valence-electron chi connectivity index (χ0n) is 6.62. The van der Waals surface area contributed by atoms with E-state index in [0.717, 1.165) is 0 Å². The fourth-order valence-corrected chi connectivity index (χ4v) is 0.575. The molecule has 0 aliphatic rings. The molecule has 0 bridgehead atoms. The predicted octanol–water partition coefficient (Wildman–Crippen LogP) is -0.788. The third-order valence-electron chi connectivity index (χ3n) is 0.975. The molecule has 0 saturated carbocycles. The molecule has 0 heterocycles. The SMILES string of the molecule is N#Cc1cccc(O)c1.OB(O)O.